The van der Waals surface area contributed by atoms with E-state index < -0.39 is 30.4 Å². The van der Waals surface area contributed by atoms with E-state index in [-0.39, 0.29) is 36.4 Å². The summed E-state index contributed by atoms with van der Waals surface area (Å²) in [7, 11) is 1.73. The highest BCUT2D eigenvalue weighted by atomic mass is 19.1. The van der Waals surface area contributed by atoms with Gasteiger partial charge in [0.15, 0.2) is 5.69 Å². The molecule has 3 atom stereocenters. The first kappa shape index (κ1) is 29.0. The summed E-state index contributed by atoms with van der Waals surface area (Å²) < 4.78 is 15.3. The minimum atomic E-state index is -1.39. The lowest BCUT2D eigenvalue weighted by Gasteiger charge is -2.25. The Kier molecular flexibility index (Phi) is 9.77. The molecule has 0 bridgehead atoms. The van der Waals surface area contributed by atoms with E-state index >= 15 is 0 Å². The molecule has 1 heterocycles. The molecule has 3 aromatic rings. The minimum Gasteiger partial charge on any atom is -0.550 e. The summed E-state index contributed by atoms with van der Waals surface area (Å²) in [4.78, 5) is 26.1. The fourth-order valence-corrected chi connectivity index (χ4v) is 4.58. The molecule has 0 aliphatic heterocycles. The number of carbonyl (C=O) groups excluding carboxylic acids is 2. The molecule has 38 heavy (non-hydrogen) atoms. The number of nitrogens with zero attached hydrogens (tertiary/aromatic N) is 3. The Bertz CT molecular complexity index is 1230. The van der Waals surface area contributed by atoms with Gasteiger partial charge in [0.25, 0.3) is 5.91 Å². The van der Waals surface area contributed by atoms with Gasteiger partial charge in [-0.05, 0) is 61.9 Å². The minimum absolute atomic E-state index is 0.0978. The first-order valence-corrected chi connectivity index (χ1v) is 12.7. The van der Waals surface area contributed by atoms with Crippen LogP contribution in [0, 0.1) is 5.82 Å². The highest BCUT2D eigenvalue weighted by Gasteiger charge is 2.30. The van der Waals surface area contributed by atoms with Crippen LogP contribution in [0.25, 0.3) is 5.69 Å². The molecular weight excluding hydrogens is 489 g/mol. The van der Waals surface area contributed by atoms with Crippen molar-refractivity contribution in [2.45, 2.75) is 70.6 Å². The SMILES string of the molecule is CC(C)c1c(C(=O)N(C)[C@H](C)c2ccccc2)nn(-c2ccc(F)cc2)c1CC[C@@H](O)C[C@@H](O)CC(=O)[O-]. The van der Waals surface area contributed by atoms with Crippen LogP contribution in [0.4, 0.5) is 4.39 Å². The summed E-state index contributed by atoms with van der Waals surface area (Å²) >= 11 is 0. The highest BCUT2D eigenvalue weighted by molar-refractivity contribution is 5.94. The van der Waals surface area contributed by atoms with E-state index in [9.17, 15) is 29.3 Å². The van der Waals surface area contributed by atoms with Crippen molar-refractivity contribution in [3.05, 3.63) is 82.9 Å². The van der Waals surface area contributed by atoms with Gasteiger partial charge in [0.05, 0.1) is 23.9 Å². The standard InChI is InChI=1S/C29H36FN3O5/c1-18(2)27-25(15-14-23(34)16-24(35)17-26(36)37)33(22-12-10-21(30)11-13-22)31-28(27)29(38)32(4)19(3)20-8-6-5-7-9-20/h5-13,18-19,23-24,34-35H,14-17H2,1-4H3,(H,36,37)/p-1/t19-,23-,24-/m1/s1. The van der Waals surface area contributed by atoms with E-state index in [0.29, 0.717) is 23.4 Å². The number of carbonyl (C=O) groups is 2. The maximum absolute atomic E-state index is 13.8. The molecule has 0 radical (unpaired) electrons. The van der Waals surface area contributed by atoms with E-state index in [1.54, 1.807) is 28.8 Å². The number of rotatable bonds is 12. The number of hydrogen-bond donors (Lipinski definition) is 2. The van der Waals surface area contributed by atoms with Gasteiger partial charge in [0.1, 0.15) is 5.82 Å². The van der Waals surface area contributed by atoms with Crippen molar-refractivity contribution in [2.75, 3.05) is 7.05 Å². The Balaban J connectivity index is 1.98. The van der Waals surface area contributed by atoms with Gasteiger partial charge in [-0.3, -0.25) is 4.79 Å². The maximum atomic E-state index is 13.8. The van der Waals surface area contributed by atoms with Crippen LogP contribution in [-0.4, -0.2) is 56.0 Å². The Morgan fingerprint density at radius 3 is 2.24 bits per heavy atom. The number of aliphatic hydroxyl groups excluding tert-OH is 2. The molecule has 2 aromatic carbocycles. The van der Waals surface area contributed by atoms with Crippen LogP contribution in [0.1, 0.15) is 79.3 Å². The highest BCUT2D eigenvalue weighted by Crippen LogP contribution is 2.30. The summed E-state index contributed by atoms with van der Waals surface area (Å²) in [6.45, 7) is 5.84. The largest absolute Gasteiger partial charge is 0.550 e. The summed E-state index contributed by atoms with van der Waals surface area (Å²) in [6, 6.07) is 15.2. The second-order valence-corrected chi connectivity index (χ2v) is 9.91. The summed E-state index contributed by atoms with van der Waals surface area (Å²) in [5, 5.41) is 35.8. The Morgan fingerprint density at radius 1 is 1.03 bits per heavy atom. The number of benzene rings is 2. The number of amides is 1. The lowest BCUT2D eigenvalue weighted by Crippen LogP contribution is -2.31. The zero-order chi connectivity index (χ0) is 28.0. The van der Waals surface area contributed by atoms with Crippen LogP contribution in [-0.2, 0) is 11.2 Å². The summed E-state index contributed by atoms with van der Waals surface area (Å²) in [6.07, 6.45) is -2.42. The molecule has 0 spiro atoms. The van der Waals surface area contributed by atoms with Gasteiger partial charge in [0, 0.05) is 30.7 Å². The van der Waals surface area contributed by atoms with Crippen LogP contribution in [0.15, 0.2) is 54.6 Å². The van der Waals surface area contributed by atoms with Gasteiger partial charge >= 0.3 is 0 Å². The molecule has 0 saturated heterocycles. The fraction of sp³-hybridized carbons (Fsp3) is 0.414. The Morgan fingerprint density at radius 2 is 1.66 bits per heavy atom. The molecular formula is C29H35FN3O5-. The zero-order valence-corrected chi connectivity index (χ0v) is 22.2. The quantitative estimate of drug-likeness (QED) is 0.376. The Labute approximate surface area is 222 Å². The van der Waals surface area contributed by atoms with E-state index in [1.165, 1.54) is 12.1 Å². The lowest BCUT2D eigenvalue weighted by atomic mass is 9.95. The van der Waals surface area contributed by atoms with E-state index in [2.05, 4.69) is 0 Å². The van der Waals surface area contributed by atoms with Crippen LogP contribution in [0.5, 0.6) is 0 Å². The normalized spacial score (nSPS) is 13.8. The summed E-state index contributed by atoms with van der Waals surface area (Å²) in [5.41, 5.74) is 3.22. The zero-order valence-electron chi connectivity index (χ0n) is 22.2. The first-order chi connectivity index (χ1) is 18.0. The van der Waals surface area contributed by atoms with Gasteiger partial charge in [-0.25, -0.2) is 9.07 Å². The van der Waals surface area contributed by atoms with Crippen LogP contribution in [0.3, 0.4) is 0 Å². The van der Waals surface area contributed by atoms with Crippen molar-refractivity contribution in [3.8, 4) is 5.69 Å². The number of carboxylic acids is 1. The molecule has 1 amide bonds. The number of carboxylic acid groups (broad SMARTS) is 1. The molecule has 9 heteroatoms. The van der Waals surface area contributed by atoms with E-state index in [4.69, 9.17) is 5.10 Å². The van der Waals surface area contributed by atoms with Crippen molar-refractivity contribution in [3.63, 3.8) is 0 Å². The third-order valence-electron chi connectivity index (χ3n) is 6.72. The molecule has 204 valence electrons. The van der Waals surface area contributed by atoms with Gasteiger partial charge in [0.2, 0.25) is 0 Å². The second kappa shape index (κ2) is 12.8. The van der Waals surface area contributed by atoms with Gasteiger partial charge < -0.3 is 25.0 Å². The summed E-state index contributed by atoms with van der Waals surface area (Å²) in [5.74, 6) is -2.16. The topological polar surface area (TPSA) is 119 Å². The van der Waals surface area contributed by atoms with E-state index in [1.807, 2.05) is 51.1 Å². The van der Waals surface area contributed by atoms with Crippen LogP contribution >= 0.6 is 0 Å². The molecule has 0 aliphatic rings. The van der Waals surface area contributed by atoms with Crippen molar-refractivity contribution in [1.82, 2.24) is 14.7 Å². The number of halogens is 1. The number of hydrogen-bond acceptors (Lipinski definition) is 6. The fourth-order valence-electron chi connectivity index (χ4n) is 4.58. The molecule has 1 aromatic heterocycles. The third kappa shape index (κ3) is 7.05. The number of aliphatic hydroxyl groups is 2. The molecule has 0 fully saturated rings. The van der Waals surface area contributed by atoms with Crippen molar-refractivity contribution in [1.29, 1.82) is 0 Å². The van der Waals surface area contributed by atoms with E-state index in [0.717, 1.165) is 5.56 Å². The number of aromatic nitrogens is 2. The molecule has 3 rings (SSSR count). The van der Waals surface area contributed by atoms with Crippen molar-refractivity contribution < 1.29 is 29.3 Å². The van der Waals surface area contributed by atoms with Crippen molar-refractivity contribution >= 4 is 11.9 Å². The molecule has 2 N–H and O–H groups in total. The maximum Gasteiger partial charge on any atom is 0.274 e. The third-order valence-corrected chi connectivity index (χ3v) is 6.72. The molecule has 8 nitrogen and oxygen atoms in total. The predicted molar refractivity (Wildman–Crippen MR) is 139 cm³/mol. The molecule has 0 unspecified atom stereocenters. The molecule has 0 aliphatic carbocycles. The average Bonchev–Trinajstić information content (AvgIpc) is 3.26. The van der Waals surface area contributed by atoms with Gasteiger partial charge in [-0.1, -0.05) is 44.2 Å². The lowest BCUT2D eigenvalue weighted by molar-refractivity contribution is -0.307. The van der Waals surface area contributed by atoms with Crippen LogP contribution < -0.4 is 5.11 Å². The average molecular weight is 525 g/mol. The molecule has 0 saturated carbocycles. The van der Waals surface area contributed by atoms with Crippen molar-refractivity contribution in [2.24, 2.45) is 0 Å². The predicted octanol–water partition coefficient (Wildman–Crippen LogP) is 3.15. The van der Waals surface area contributed by atoms with Crippen LogP contribution in [0.2, 0.25) is 0 Å². The van der Waals surface area contributed by atoms with Gasteiger partial charge in [-0.2, -0.15) is 5.10 Å². The smallest absolute Gasteiger partial charge is 0.274 e. The number of aliphatic carboxylic acids is 1. The second-order valence-electron chi connectivity index (χ2n) is 9.91. The monoisotopic (exact) mass is 524 g/mol. The Hall–Kier alpha value is -3.56. The van der Waals surface area contributed by atoms with Gasteiger partial charge in [-0.15, -0.1) is 0 Å². The first-order valence-electron chi connectivity index (χ1n) is 12.7.